The molecule has 4 heteroatoms. The maximum absolute atomic E-state index is 12.5. The lowest BCUT2D eigenvalue weighted by atomic mass is 9.88. The van der Waals surface area contributed by atoms with Crippen LogP contribution in [0.4, 0.5) is 0 Å². The van der Waals surface area contributed by atoms with Crippen LogP contribution in [0.25, 0.3) is 0 Å². The summed E-state index contributed by atoms with van der Waals surface area (Å²) in [6, 6.07) is -0.598. The molecule has 1 saturated carbocycles. The number of nitrogens with zero attached hydrogens (tertiary/aromatic N) is 1. The summed E-state index contributed by atoms with van der Waals surface area (Å²) in [4.78, 5) is 26.2. The minimum atomic E-state index is -0.335. The van der Waals surface area contributed by atoms with Crippen molar-refractivity contribution < 1.29 is 9.59 Å². The molecule has 1 heterocycles. The smallest absolute Gasteiger partial charge is 0.246 e. The number of rotatable bonds is 4. The summed E-state index contributed by atoms with van der Waals surface area (Å²) in [6.45, 7) is 8.90. The van der Waals surface area contributed by atoms with Gasteiger partial charge in [-0.1, -0.05) is 20.8 Å². The van der Waals surface area contributed by atoms with Crippen LogP contribution in [-0.4, -0.2) is 35.3 Å². The second-order valence-corrected chi connectivity index (χ2v) is 6.48. The molecule has 2 fully saturated rings. The van der Waals surface area contributed by atoms with Crippen molar-refractivity contribution in [3.63, 3.8) is 0 Å². The average Bonchev–Trinajstić information content (AvgIpc) is 3.13. The van der Waals surface area contributed by atoms with Crippen LogP contribution in [0.3, 0.4) is 0 Å². The van der Waals surface area contributed by atoms with Crippen molar-refractivity contribution in [3.05, 3.63) is 0 Å². The van der Waals surface area contributed by atoms with Crippen molar-refractivity contribution >= 4 is 11.8 Å². The number of nitrogens with one attached hydrogen (secondary N) is 1. The van der Waals surface area contributed by atoms with Crippen LogP contribution in [0, 0.1) is 11.3 Å². The largest absolute Gasteiger partial charge is 0.342 e. The molecule has 2 rings (SSSR count). The maximum atomic E-state index is 12.5. The van der Waals surface area contributed by atoms with Gasteiger partial charge in [-0.2, -0.15) is 0 Å². The van der Waals surface area contributed by atoms with E-state index >= 15 is 0 Å². The average molecular weight is 252 g/mol. The molecule has 1 aliphatic heterocycles. The topological polar surface area (TPSA) is 49.4 Å². The predicted octanol–water partition coefficient (Wildman–Crippen LogP) is 1.55. The zero-order valence-electron chi connectivity index (χ0n) is 11.8. The summed E-state index contributed by atoms with van der Waals surface area (Å²) < 4.78 is 0. The second kappa shape index (κ2) is 4.56. The van der Waals surface area contributed by atoms with Gasteiger partial charge in [0, 0.05) is 6.54 Å². The first-order valence-electron chi connectivity index (χ1n) is 6.96. The van der Waals surface area contributed by atoms with Crippen molar-refractivity contribution in [3.8, 4) is 0 Å². The van der Waals surface area contributed by atoms with Gasteiger partial charge in [0.2, 0.25) is 11.8 Å². The zero-order chi connectivity index (χ0) is 13.5. The highest BCUT2D eigenvalue weighted by atomic mass is 16.2. The summed E-state index contributed by atoms with van der Waals surface area (Å²) in [6.07, 6.45) is 3.13. The van der Waals surface area contributed by atoms with Gasteiger partial charge in [-0.05, 0) is 37.5 Å². The highest BCUT2D eigenvalue weighted by Crippen LogP contribution is 2.35. The Morgan fingerprint density at radius 1 is 1.33 bits per heavy atom. The van der Waals surface area contributed by atoms with E-state index in [1.165, 1.54) is 0 Å². The summed E-state index contributed by atoms with van der Waals surface area (Å²) in [5.74, 6) is 0.491. The number of carbonyl (C=O) groups is 2. The van der Waals surface area contributed by atoms with Gasteiger partial charge in [0.15, 0.2) is 0 Å². The summed E-state index contributed by atoms with van der Waals surface area (Å²) >= 11 is 0. The minimum absolute atomic E-state index is 0.00148. The fraction of sp³-hybridized carbons (Fsp3) is 0.857. The molecule has 1 saturated heterocycles. The van der Waals surface area contributed by atoms with Gasteiger partial charge in [-0.3, -0.25) is 9.59 Å². The molecular weight excluding hydrogens is 228 g/mol. The quantitative estimate of drug-likeness (QED) is 0.825. The third-order valence-corrected chi connectivity index (χ3v) is 4.34. The Morgan fingerprint density at radius 3 is 2.44 bits per heavy atom. The van der Waals surface area contributed by atoms with Gasteiger partial charge in [-0.15, -0.1) is 0 Å². The molecule has 1 aliphatic carbocycles. The fourth-order valence-electron chi connectivity index (χ4n) is 2.38. The van der Waals surface area contributed by atoms with E-state index in [0.717, 1.165) is 19.3 Å². The van der Waals surface area contributed by atoms with E-state index in [2.05, 4.69) is 26.1 Å². The van der Waals surface area contributed by atoms with Gasteiger partial charge < -0.3 is 10.2 Å². The summed E-state index contributed by atoms with van der Waals surface area (Å²) in [7, 11) is 0. The Labute approximate surface area is 109 Å². The standard InChI is InChI=1S/C14H24N2O2/c1-5-14(3,4)8-16-9(2)12(17)15-11(13(16)18)10-6-7-10/h9-11H,5-8H2,1-4H3,(H,15,17). The number of carbonyl (C=O) groups excluding carboxylic acids is 2. The molecule has 102 valence electrons. The Balaban J connectivity index is 2.14. The third-order valence-electron chi connectivity index (χ3n) is 4.34. The van der Waals surface area contributed by atoms with Gasteiger partial charge in [0.25, 0.3) is 0 Å². The van der Waals surface area contributed by atoms with Crippen LogP contribution in [0.5, 0.6) is 0 Å². The molecule has 18 heavy (non-hydrogen) atoms. The van der Waals surface area contributed by atoms with Gasteiger partial charge in [0.1, 0.15) is 12.1 Å². The molecule has 2 unspecified atom stereocenters. The molecule has 2 amide bonds. The lowest BCUT2D eigenvalue weighted by Crippen LogP contribution is -2.64. The van der Waals surface area contributed by atoms with Gasteiger partial charge >= 0.3 is 0 Å². The molecule has 0 bridgehead atoms. The number of piperazine rings is 1. The van der Waals surface area contributed by atoms with Crippen LogP contribution in [0.1, 0.15) is 47.0 Å². The van der Waals surface area contributed by atoms with Crippen molar-refractivity contribution in [2.24, 2.45) is 11.3 Å². The van der Waals surface area contributed by atoms with Gasteiger partial charge in [-0.25, -0.2) is 0 Å². The monoisotopic (exact) mass is 252 g/mol. The molecule has 1 N–H and O–H groups in total. The van der Waals surface area contributed by atoms with Crippen molar-refractivity contribution in [1.29, 1.82) is 0 Å². The second-order valence-electron chi connectivity index (χ2n) is 6.48. The molecule has 0 aromatic carbocycles. The van der Waals surface area contributed by atoms with Crippen molar-refractivity contribution in [1.82, 2.24) is 10.2 Å². The lowest BCUT2D eigenvalue weighted by Gasteiger charge is -2.41. The van der Waals surface area contributed by atoms with Crippen LogP contribution in [0.15, 0.2) is 0 Å². The van der Waals surface area contributed by atoms with E-state index in [1.54, 1.807) is 4.90 Å². The maximum Gasteiger partial charge on any atom is 0.246 e. The van der Waals surface area contributed by atoms with E-state index in [0.29, 0.717) is 12.5 Å². The summed E-state index contributed by atoms with van der Waals surface area (Å²) in [5.41, 5.74) is 0.0651. The van der Waals surface area contributed by atoms with E-state index in [9.17, 15) is 9.59 Å². The highest BCUT2D eigenvalue weighted by Gasteiger charge is 2.46. The van der Waals surface area contributed by atoms with Crippen molar-refractivity contribution in [2.45, 2.75) is 59.0 Å². The number of hydrogen-bond acceptors (Lipinski definition) is 2. The predicted molar refractivity (Wildman–Crippen MR) is 69.9 cm³/mol. The van der Waals surface area contributed by atoms with Crippen LogP contribution in [0.2, 0.25) is 0 Å². The molecule has 4 nitrogen and oxygen atoms in total. The van der Waals surface area contributed by atoms with E-state index in [4.69, 9.17) is 0 Å². The van der Waals surface area contributed by atoms with Crippen molar-refractivity contribution in [2.75, 3.05) is 6.54 Å². The Kier molecular flexibility index (Phi) is 3.39. The molecule has 0 aromatic rings. The van der Waals surface area contributed by atoms with Gasteiger partial charge in [0.05, 0.1) is 0 Å². The molecule has 2 atom stereocenters. The first-order chi connectivity index (χ1) is 8.35. The Bertz CT molecular complexity index is 361. The normalized spacial score (nSPS) is 29.4. The number of amides is 2. The third kappa shape index (κ3) is 2.52. The van der Waals surface area contributed by atoms with E-state index < -0.39 is 0 Å². The van der Waals surface area contributed by atoms with Crippen LogP contribution >= 0.6 is 0 Å². The molecule has 2 aliphatic rings. The molecule has 0 aromatic heterocycles. The van der Waals surface area contributed by atoms with Crippen LogP contribution < -0.4 is 5.32 Å². The zero-order valence-corrected chi connectivity index (χ0v) is 11.8. The fourth-order valence-corrected chi connectivity index (χ4v) is 2.38. The SMILES string of the molecule is CCC(C)(C)CN1C(=O)C(C2CC2)NC(=O)C1C. The first kappa shape index (κ1) is 13.4. The molecule has 0 spiro atoms. The lowest BCUT2D eigenvalue weighted by molar-refractivity contribution is -0.150. The first-order valence-corrected chi connectivity index (χ1v) is 6.96. The Hall–Kier alpha value is -1.06. The van der Waals surface area contributed by atoms with Crippen LogP contribution in [-0.2, 0) is 9.59 Å². The van der Waals surface area contributed by atoms with E-state index in [-0.39, 0.29) is 29.3 Å². The minimum Gasteiger partial charge on any atom is -0.342 e. The summed E-state index contributed by atoms with van der Waals surface area (Å²) in [5, 5.41) is 2.88. The molecule has 0 radical (unpaired) electrons. The highest BCUT2D eigenvalue weighted by molar-refractivity contribution is 5.97. The molecular formula is C14H24N2O2. The Morgan fingerprint density at radius 2 is 1.94 bits per heavy atom. The number of hydrogen-bond donors (Lipinski definition) is 1. The van der Waals surface area contributed by atoms with E-state index in [1.807, 2.05) is 6.92 Å².